The van der Waals surface area contributed by atoms with Crippen molar-refractivity contribution in [2.24, 2.45) is 4.99 Å². The van der Waals surface area contributed by atoms with Crippen LogP contribution in [0.1, 0.15) is 43.4 Å². The molecule has 0 saturated heterocycles. The topological polar surface area (TPSA) is 105 Å². The zero-order chi connectivity index (χ0) is 21.3. The van der Waals surface area contributed by atoms with Crippen molar-refractivity contribution in [1.29, 1.82) is 0 Å². The fourth-order valence-electron chi connectivity index (χ4n) is 3.45. The lowest BCUT2D eigenvalue weighted by Crippen LogP contribution is -2.46. The molecule has 1 aliphatic rings. The fraction of sp³-hybridized carbons (Fsp3) is 0.524. The molecule has 9 heteroatoms. The molecule has 2 heterocycles. The first-order valence-corrected chi connectivity index (χ1v) is 10.4. The van der Waals surface area contributed by atoms with E-state index in [0.29, 0.717) is 19.6 Å². The molecule has 30 heavy (non-hydrogen) atoms. The van der Waals surface area contributed by atoms with Crippen molar-refractivity contribution >= 4 is 17.6 Å². The number of rotatable bonds is 8. The second-order valence-electron chi connectivity index (χ2n) is 7.36. The van der Waals surface area contributed by atoms with Crippen LogP contribution in [0.4, 0.5) is 5.69 Å². The summed E-state index contributed by atoms with van der Waals surface area (Å²) in [5, 5.41) is 14.3. The molecule has 1 unspecified atom stereocenters. The van der Waals surface area contributed by atoms with Crippen LogP contribution in [-0.2, 0) is 35.6 Å². The number of fused-ring (bicyclic) bond motifs is 1. The van der Waals surface area contributed by atoms with Crippen LogP contribution in [0.15, 0.2) is 29.3 Å². The van der Waals surface area contributed by atoms with Crippen LogP contribution < -0.4 is 16.0 Å². The number of hydrogen-bond donors (Lipinski definition) is 3. The second-order valence-corrected chi connectivity index (χ2v) is 7.36. The van der Waals surface area contributed by atoms with Crippen molar-refractivity contribution in [3.05, 3.63) is 41.5 Å². The highest BCUT2D eigenvalue weighted by Gasteiger charge is 2.22. The number of benzene rings is 1. The second kappa shape index (κ2) is 10.7. The molecule has 0 bridgehead atoms. The SMILES string of the molecule is CCCC(=O)Nc1cccc(CNC(=NC)NC2CCc3nc(COC)nn3C2)c1. The fourth-order valence-corrected chi connectivity index (χ4v) is 3.45. The maximum atomic E-state index is 11.8. The van der Waals surface area contributed by atoms with Crippen molar-refractivity contribution in [2.45, 2.75) is 58.3 Å². The molecule has 2 aromatic rings. The van der Waals surface area contributed by atoms with Crippen LogP contribution in [0.3, 0.4) is 0 Å². The van der Waals surface area contributed by atoms with Gasteiger partial charge in [0.15, 0.2) is 11.8 Å². The average Bonchev–Trinajstić information content (AvgIpc) is 3.13. The van der Waals surface area contributed by atoms with E-state index >= 15 is 0 Å². The zero-order valence-electron chi connectivity index (χ0n) is 17.9. The lowest BCUT2D eigenvalue weighted by molar-refractivity contribution is -0.116. The Kier molecular flexibility index (Phi) is 7.78. The van der Waals surface area contributed by atoms with Crippen LogP contribution in [0.25, 0.3) is 0 Å². The highest BCUT2D eigenvalue weighted by molar-refractivity contribution is 5.90. The Labute approximate surface area is 177 Å². The van der Waals surface area contributed by atoms with Gasteiger partial charge in [0.2, 0.25) is 5.91 Å². The molecule has 3 rings (SSSR count). The summed E-state index contributed by atoms with van der Waals surface area (Å²) in [6, 6.07) is 8.07. The van der Waals surface area contributed by atoms with E-state index in [1.54, 1.807) is 14.2 Å². The van der Waals surface area contributed by atoms with E-state index in [1.807, 2.05) is 35.9 Å². The third kappa shape index (κ3) is 6.03. The van der Waals surface area contributed by atoms with E-state index in [9.17, 15) is 4.79 Å². The lowest BCUT2D eigenvalue weighted by Gasteiger charge is -2.25. The van der Waals surface area contributed by atoms with Crippen LogP contribution in [0.5, 0.6) is 0 Å². The van der Waals surface area contributed by atoms with E-state index < -0.39 is 0 Å². The van der Waals surface area contributed by atoms with Gasteiger partial charge in [0.05, 0.1) is 6.54 Å². The maximum Gasteiger partial charge on any atom is 0.224 e. The molecule has 0 spiro atoms. The predicted octanol–water partition coefficient (Wildman–Crippen LogP) is 1.84. The van der Waals surface area contributed by atoms with Gasteiger partial charge < -0.3 is 20.7 Å². The number of aromatic nitrogens is 3. The van der Waals surface area contributed by atoms with Gasteiger partial charge in [-0.2, -0.15) is 5.10 Å². The normalized spacial score (nSPS) is 16.1. The summed E-state index contributed by atoms with van der Waals surface area (Å²) in [5.74, 6) is 2.51. The summed E-state index contributed by atoms with van der Waals surface area (Å²) in [6.07, 6.45) is 3.19. The lowest BCUT2D eigenvalue weighted by atomic mass is 10.1. The van der Waals surface area contributed by atoms with Crippen molar-refractivity contribution in [1.82, 2.24) is 25.4 Å². The Morgan fingerprint density at radius 3 is 3.03 bits per heavy atom. The van der Waals surface area contributed by atoms with Gasteiger partial charge in [-0.15, -0.1) is 0 Å². The number of hydrogen-bond acceptors (Lipinski definition) is 5. The third-order valence-corrected chi connectivity index (χ3v) is 4.89. The number of ether oxygens (including phenoxy) is 1. The Balaban J connectivity index is 1.52. The number of anilines is 1. The largest absolute Gasteiger partial charge is 0.377 e. The first-order valence-electron chi connectivity index (χ1n) is 10.4. The summed E-state index contributed by atoms with van der Waals surface area (Å²) in [6.45, 7) is 3.77. The number of nitrogens with zero attached hydrogens (tertiary/aromatic N) is 4. The maximum absolute atomic E-state index is 11.8. The van der Waals surface area contributed by atoms with Gasteiger partial charge in [-0.05, 0) is 30.5 Å². The van der Waals surface area contributed by atoms with Gasteiger partial charge in [0.25, 0.3) is 0 Å². The first-order chi connectivity index (χ1) is 14.6. The smallest absolute Gasteiger partial charge is 0.224 e. The summed E-state index contributed by atoms with van der Waals surface area (Å²) in [7, 11) is 3.41. The predicted molar refractivity (Wildman–Crippen MR) is 116 cm³/mol. The van der Waals surface area contributed by atoms with E-state index in [0.717, 1.165) is 54.7 Å². The number of carbonyl (C=O) groups is 1. The summed E-state index contributed by atoms with van der Waals surface area (Å²) < 4.78 is 7.07. The zero-order valence-corrected chi connectivity index (χ0v) is 17.9. The number of nitrogens with one attached hydrogen (secondary N) is 3. The van der Waals surface area contributed by atoms with Gasteiger partial charge in [-0.25, -0.2) is 9.67 Å². The minimum Gasteiger partial charge on any atom is -0.377 e. The summed E-state index contributed by atoms with van der Waals surface area (Å²) in [4.78, 5) is 20.7. The molecule has 0 aliphatic carbocycles. The quantitative estimate of drug-likeness (QED) is 0.451. The molecule has 1 amide bonds. The first kappa shape index (κ1) is 21.8. The molecule has 0 saturated carbocycles. The van der Waals surface area contributed by atoms with Gasteiger partial charge in [0, 0.05) is 45.3 Å². The Morgan fingerprint density at radius 1 is 1.40 bits per heavy atom. The van der Waals surface area contributed by atoms with Gasteiger partial charge in [0.1, 0.15) is 12.4 Å². The molecule has 1 aromatic carbocycles. The monoisotopic (exact) mass is 413 g/mol. The number of aliphatic imine (C=N–C) groups is 1. The average molecular weight is 414 g/mol. The van der Waals surface area contributed by atoms with Crippen molar-refractivity contribution < 1.29 is 9.53 Å². The molecule has 3 N–H and O–H groups in total. The Morgan fingerprint density at radius 2 is 2.27 bits per heavy atom. The number of aryl methyl sites for hydroxylation is 1. The highest BCUT2D eigenvalue weighted by Crippen LogP contribution is 2.14. The van der Waals surface area contributed by atoms with E-state index in [4.69, 9.17) is 4.74 Å². The molecule has 0 fully saturated rings. The Hall–Kier alpha value is -2.94. The molecular formula is C21H31N7O2. The minimum absolute atomic E-state index is 0.0403. The van der Waals surface area contributed by atoms with Gasteiger partial charge in [-0.3, -0.25) is 9.79 Å². The number of carbonyl (C=O) groups excluding carboxylic acids is 1. The van der Waals surface area contributed by atoms with E-state index in [1.165, 1.54) is 0 Å². The molecule has 1 aromatic heterocycles. The molecule has 1 atom stereocenters. The van der Waals surface area contributed by atoms with Gasteiger partial charge >= 0.3 is 0 Å². The summed E-state index contributed by atoms with van der Waals surface area (Å²) >= 11 is 0. The van der Waals surface area contributed by atoms with Gasteiger partial charge in [-0.1, -0.05) is 19.1 Å². The van der Waals surface area contributed by atoms with Crippen molar-refractivity contribution in [3.63, 3.8) is 0 Å². The molecule has 1 aliphatic heterocycles. The number of amides is 1. The number of methoxy groups -OCH3 is 1. The highest BCUT2D eigenvalue weighted by atomic mass is 16.5. The molecular weight excluding hydrogens is 382 g/mol. The van der Waals surface area contributed by atoms with E-state index in [-0.39, 0.29) is 11.9 Å². The molecule has 162 valence electrons. The van der Waals surface area contributed by atoms with Crippen molar-refractivity contribution in [3.8, 4) is 0 Å². The van der Waals surface area contributed by atoms with Crippen LogP contribution >= 0.6 is 0 Å². The van der Waals surface area contributed by atoms with E-state index in [2.05, 4.69) is 31.0 Å². The Bertz CT molecular complexity index is 878. The van der Waals surface area contributed by atoms with Crippen LogP contribution in [0, 0.1) is 0 Å². The van der Waals surface area contributed by atoms with Crippen molar-refractivity contribution in [2.75, 3.05) is 19.5 Å². The van der Waals surface area contributed by atoms with Crippen LogP contribution in [-0.4, -0.2) is 46.8 Å². The third-order valence-electron chi connectivity index (χ3n) is 4.89. The van der Waals surface area contributed by atoms with Crippen LogP contribution in [0.2, 0.25) is 0 Å². The standard InChI is InChI=1S/C21H31N7O2/c1-4-6-20(29)24-16-8-5-7-15(11-16)12-23-21(22-2)25-17-9-10-19-26-18(14-30-3)27-28(19)13-17/h5,7-8,11,17H,4,6,9-10,12-14H2,1-3H3,(H,24,29)(H2,22,23,25). The molecule has 9 nitrogen and oxygen atoms in total. The molecule has 0 radical (unpaired) electrons. The number of guanidine groups is 1. The summed E-state index contributed by atoms with van der Waals surface area (Å²) in [5.41, 5.74) is 1.88. The minimum atomic E-state index is 0.0403.